The molecule has 0 heterocycles. The standard InChI is InChI=1S/C11H10O3S/c1-8-2-3-10-7-11(14-15(12)13)5-4-9(10)6-8/h2-7H,1H3,(H,12,13). The van der Waals surface area contributed by atoms with Crippen molar-refractivity contribution in [2.75, 3.05) is 0 Å². The van der Waals surface area contributed by atoms with Crippen LogP contribution in [0.25, 0.3) is 10.8 Å². The first-order valence-electron chi connectivity index (χ1n) is 4.45. The van der Waals surface area contributed by atoms with Crippen molar-refractivity contribution < 1.29 is 12.9 Å². The molecule has 0 aliphatic heterocycles. The smallest absolute Gasteiger partial charge is 0.357 e. The summed E-state index contributed by atoms with van der Waals surface area (Å²) in [5.74, 6) is 0.396. The van der Waals surface area contributed by atoms with E-state index in [1.54, 1.807) is 12.1 Å². The number of hydrogen-bond acceptors (Lipinski definition) is 2. The molecule has 0 saturated carbocycles. The summed E-state index contributed by atoms with van der Waals surface area (Å²) in [6.45, 7) is 2.02. The van der Waals surface area contributed by atoms with Crippen molar-refractivity contribution >= 4 is 22.1 Å². The first kappa shape index (κ1) is 10.1. The monoisotopic (exact) mass is 222 g/mol. The van der Waals surface area contributed by atoms with Gasteiger partial charge in [-0.05, 0) is 29.8 Å². The van der Waals surface area contributed by atoms with Gasteiger partial charge in [0.15, 0.2) is 0 Å². The van der Waals surface area contributed by atoms with Crippen LogP contribution in [-0.2, 0) is 11.4 Å². The molecular formula is C11H10O3S. The third kappa shape index (κ3) is 2.34. The zero-order chi connectivity index (χ0) is 10.8. The Morgan fingerprint density at radius 3 is 2.53 bits per heavy atom. The van der Waals surface area contributed by atoms with E-state index in [1.807, 2.05) is 25.1 Å². The van der Waals surface area contributed by atoms with Gasteiger partial charge in [0.05, 0.1) is 0 Å². The minimum Gasteiger partial charge on any atom is -0.380 e. The summed E-state index contributed by atoms with van der Waals surface area (Å²) >= 11 is -2.26. The first-order chi connectivity index (χ1) is 7.15. The fourth-order valence-corrected chi connectivity index (χ4v) is 1.75. The van der Waals surface area contributed by atoms with Gasteiger partial charge in [-0.1, -0.05) is 29.8 Å². The quantitative estimate of drug-likeness (QED) is 0.794. The fourth-order valence-electron chi connectivity index (χ4n) is 1.48. The van der Waals surface area contributed by atoms with Gasteiger partial charge in [0, 0.05) is 0 Å². The third-order valence-corrected chi connectivity index (χ3v) is 2.47. The Balaban J connectivity index is 2.47. The van der Waals surface area contributed by atoms with Crippen molar-refractivity contribution in [1.29, 1.82) is 0 Å². The highest BCUT2D eigenvalue weighted by Gasteiger charge is 2.00. The average molecular weight is 222 g/mol. The van der Waals surface area contributed by atoms with E-state index in [4.69, 9.17) is 4.55 Å². The summed E-state index contributed by atoms with van der Waals surface area (Å²) in [6, 6.07) is 11.3. The van der Waals surface area contributed by atoms with Crippen LogP contribution in [0.2, 0.25) is 0 Å². The largest absolute Gasteiger partial charge is 0.380 e. The summed E-state index contributed by atoms with van der Waals surface area (Å²) in [6.07, 6.45) is 0. The Bertz CT molecular complexity index is 522. The summed E-state index contributed by atoms with van der Waals surface area (Å²) < 4.78 is 23.7. The molecule has 1 atom stereocenters. The summed E-state index contributed by atoms with van der Waals surface area (Å²) in [5, 5.41) is 2.08. The molecule has 0 amide bonds. The molecule has 2 aromatic rings. The molecule has 2 rings (SSSR count). The summed E-state index contributed by atoms with van der Waals surface area (Å²) in [5.41, 5.74) is 1.18. The van der Waals surface area contributed by atoms with E-state index in [-0.39, 0.29) is 0 Å². The summed E-state index contributed by atoms with van der Waals surface area (Å²) in [4.78, 5) is 0. The molecule has 4 heteroatoms. The van der Waals surface area contributed by atoms with Crippen LogP contribution in [0.15, 0.2) is 36.4 Å². The lowest BCUT2D eigenvalue weighted by Gasteiger charge is -2.03. The molecule has 0 aliphatic rings. The Morgan fingerprint density at radius 2 is 1.80 bits per heavy atom. The van der Waals surface area contributed by atoms with Gasteiger partial charge >= 0.3 is 11.4 Å². The predicted molar refractivity (Wildman–Crippen MR) is 60.1 cm³/mol. The van der Waals surface area contributed by atoms with Gasteiger partial charge in [-0.15, -0.1) is 0 Å². The second-order valence-electron chi connectivity index (χ2n) is 3.31. The van der Waals surface area contributed by atoms with Crippen LogP contribution in [0, 0.1) is 6.92 Å². The Morgan fingerprint density at radius 1 is 1.13 bits per heavy atom. The minimum absolute atomic E-state index is 0.396. The Labute approximate surface area is 90.2 Å². The SMILES string of the molecule is Cc1ccc2cc(OS(=O)O)ccc2c1. The van der Waals surface area contributed by atoms with Gasteiger partial charge in [0.1, 0.15) is 5.75 Å². The van der Waals surface area contributed by atoms with Crippen LogP contribution in [0.4, 0.5) is 0 Å². The topological polar surface area (TPSA) is 46.5 Å². The van der Waals surface area contributed by atoms with E-state index in [9.17, 15) is 4.21 Å². The maximum atomic E-state index is 10.4. The molecular weight excluding hydrogens is 212 g/mol. The number of rotatable bonds is 2. The third-order valence-electron chi connectivity index (χ3n) is 2.13. The molecule has 0 spiro atoms. The second kappa shape index (κ2) is 4.00. The number of hydrogen-bond donors (Lipinski definition) is 1. The molecule has 15 heavy (non-hydrogen) atoms. The minimum atomic E-state index is -2.26. The van der Waals surface area contributed by atoms with Crippen molar-refractivity contribution in [2.45, 2.75) is 6.92 Å². The molecule has 0 bridgehead atoms. The first-order valence-corrected chi connectivity index (χ1v) is 5.48. The molecule has 3 nitrogen and oxygen atoms in total. The van der Waals surface area contributed by atoms with Gasteiger partial charge in [-0.2, -0.15) is 4.21 Å². The highest BCUT2D eigenvalue weighted by molar-refractivity contribution is 7.74. The molecule has 1 unspecified atom stereocenters. The maximum absolute atomic E-state index is 10.4. The molecule has 1 N–H and O–H groups in total. The van der Waals surface area contributed by atoms with Crippen LogP contribution in [0.5, 0.6) is 5.75 Å². The van der Waals surface area contributed by atoms with E-state index < -0.39 is 11.4 Å². The van der Waals surface area contributed by atoms with E-state index in [2.05, 4.69) is 10.2 Å². The molecule has 0 radical (unpaired) electrons. The van der Waals surface area contributed by atoms with Gasteiger partial charge in [0.25, 0.3) is 0 Å². The van der Waals surface area contributed by atoms with Gasteiger partial charge in [-0.3, -0.25) is 4.55 Å². The zero-order valence-electron chi connectivity index (χ0n) is 8.14. The molecule has 0 saturated heterocycles. The number of fused-ring (bicyclic) bond motifs is 1. The molecule has 2 aromatic carbocycles. The van der Waals surface area contributed by atoms with Crippen molar-refractivity contribution in [3.05, 3.63) is 42.0 Å². The fraction of sp³-hybridized carbons (Fsp3) is 0.0909. The normalized spacial score (nSPS) is 12.7. The van der Waals surface area contributed by atoms with E-state index in [1.165, 1.54) is 5.56 Å². The average Bonchev–Trinajstić information content (AvgIpc) is 2.17. The molecule has 0 aliphatic carbocycles. The van der Waals surface area contributed by atoms with E-state index >= 15 is 0 Å². The molecule has 0 fully saturated rings. The highest BCUT2D eigenvalue weighted by Crippen LogP contribution is 2.22. The van der Waals surface area contributed by atoms with Crippen molar-refractivity contribution in [2.24, 2.45) is 0 Å². The van der Waals surface area contributed by atoms with Crippen LogP contribution >= 0.6 is 0 Å². The van der Waals surface area contributed by atoms with Gasteiger partial charge < -0.3 is 4.18 Å². The lowest BCUT2D eigenvalue weighted by atomic mass is 10.1. The van der Waals surface area contributed by atoms with Crippen molar-refractivity contribution in [3.8, 4) is 5.75 Å². The summed E-state index contributed by atoms with van der Waals surface area (Å²) in [7, 11) is 0. The lowest BCUT2D eigenvalue weighted by molar-refractivity contribution is 0.458. The predicted octanol–water partition coefficient (Wildman–Crippen LogP) is 2.66. The van der Waals surface area contributed by atoms with Crippen LogP contribution in [0.1, 0.15) is 5.56 Å². The van der Waals surface area contributed by atoms with Crippen LogP contribution in [0.3, 0.4) is 0 Å². The second-order valence-corrected chi connectivity index (χ2v) is 3.91. The molecule has 78 valence electrons. The Kier molecular flexibility index (Phi) is 2.70. The van der Waals surface area contributed by atoms with Gasteiger partial charge in [-0.25, -0.2) is 0 Å². The maximum Gasteiger partial charge on any atom is 0.357 e. The van der Waals surface area contributed by atoms with Crippen molar-refractivity contribution in [3.63, 3.8) is 0 Å². The highest BCUT2D eigenvalue weighted by atomic mass is 32.2. The van der Waals surface area contributed by atoms with E-state index in [0.717, 1.165) is 10.8 Å². The van der Waals surface area contributed by atoms with E-state index in [0.29, 0.717) is 5.75 Å². The Hall–Kier alpha value is -1.39. The zero-order valence-corrected chi connectivity index (χ0v) is 8.95. The van der Waals surface area contributed by atoms with Crippen LogP contribution < -0.4 is 4.18 Å². The van der Waals surface area contributed by atoms with Crippen molar-refractivity contribution in [1.82, 2.24) is 0 Å². The van der Waals surface area contributed by atoms with Crippen LogP contribution in [-0.4, -0.2) is 8.76 Å². The lowest BCUT2D eigenvalue weighted by Crippen LogP contribution is -1.96. The van der Waals surface area contributed by atoms with Gasteiger partial charge in [0.2, 0.25) is 0 Å². The number of benzene rings is 2. The number of aryl methyl sites for hydroxylation is 1. The molecule has 0 aromatic heterocycles.